The maximum atomic E-state index is 13.2. The average molecular weight is 273 g/mol. The Hall–Kier alpha value is -1.90. The maximum Gasteiger partial charge on any atom is 0.126 e. The number of benzene rings is 2. The molecule has 1 nitrogen and oxygen atoms in total. The predicted octanol–water partition coefficient (Wildman–Crippen LogP) is 4.63. The van der Waals surface area contributed by atoms with Gasteiger partial charge in [0.05, 0.1) is 0 Å². The van der Waals surface area contributed by atoms with Crippen LogP contribution in [0.15, 0.2) is 42.5 Å². The van der Waals surface area contributed by atoms with Gasteiger partial charge in [-0.15, -0.1) is 0 Å². The minimum absolute atomic E-state index is 0.173. The van der Waals surface area contributed by atoms with Gasteiger partial charge in [0.15, 0.2) is 0 Å². The summed E-state index contributed by atoms with van der Waals surface area (Å²) in [5.41, 5.74) is 2.82. The first-order valence-electron chi connectivity index (χ1n) is 6.90. The molecule has 0 unspecified atom stereocenters. The summed E-state index contributed by atoms with van der Waals surface area (Å²) in [6.45, 7) is 1.77. The van der Waals surface area contributed by atoms with Crippen molar-refractivity contribution in [3.8, 4) is 0 Å². The molecule has 1 fully saturated rings. The third-order valence-corrected chi connectivity index (χ3v) is 4.01. The first-order valence-corrected chi connectivity index (χ1v) is 6.90. The normalized spacial score (nSPS) is 21.4. The fraction of sp³-hybridized carbons (Fsp3) is 0.294. The Morgan fingerprint density at radius 1 is 1.00 bits per heavy atom. The summed E-state index contributed by atoms with van der Waals surface area (Å²) in [5, 5.41) is 3.42. The zero-order chi connectivity index (χ0) is 14.1. The third-order valence-electron chi connectivity index (χ3n) is 4.01. The van der Waals surface area contributed by atoms with Gasteiger partial charge >= 0.3 is 0 Å². The molecule has 1 N–H and O–H groups in total. The molecule has 0 spiro atoms. The molecule has 0 bridgehead atoms. The molecule has 0 amide bonds. The van der Waals surface area contributed by atoms with E-state index in [1.165, 1.54) is 23.8 Å². The molecule has 0 heterocycles. The van der Waals surface area contributed by atoms with E-state index in [0.717, 1.165) is 18.5 Å². The molecule has 0 atom stereocenters. The van der Waals surface area contributed by atoms with Gasteiger partial charge < -0.3 is 5.32 Å². The summed E-state index contributed by atoms with van der Waals surface area (Å²) in [6, 6.07) is 12.3. The smallest absolute Gasteiger partial charge is 0.126 e. The highest BCUT2D eigenvalue weighted by atomic mass is 19.1. The molecule has 2 aromatic carbocycles. The van der Waals surface area contributed by atoms with Gasteiger partial charge in [0, 0.05) is 11.7 Å². The molecule has 1 aliphatic carbocycles. The van der Waals surface area contributed by atoms with Crippen molar-refractivity contribution in [3.05, 3.63) is 65.2 Å². The number of hydrogen-bond acceptors (Lipinski definition) is 1. The molecule has 3 rings (SSSR count). The zero-order valence-electron chi connectivity index (χ0n) is 11.4. The Labute approximate surface area is 117 Å². The Bertz CT molecular complexity index is 601. The molecular formula is C17H17F2N. The van der Waals surface area contributed by atoms with Crippen LogP contribution in [0.3, 0.4) is 0 Å². The topological polar surface area (TPSA) is 12.0 Å². The Balaban J connectivity index is 1.58. The SMILES string of the molecule is Cc1cc(NC2CC(c3ccc(F)cc3)C2)ccc1F. The van der Waals surface area contributed by atoms with E-state index in [0.29, 0.717) is 17.5 Å². The lowest BCUT2D eigenvalue weighted by molar-refractivity contribution is 0.374. The van der Waals surface area contributed by atoms with Gasteiger partial charge in [-0.2, -0.15) is 0 Å². The van der Waals surface area contributed by atoms with Crippen LogP contribution in [0.1, 0.15) is 29.9 Å². The number of anilines is 1. The lowest BCUT2D eigenvalue weighted by Crippen LogP contribution is -2.34. The average Bonchev–Trinajstić information content (AvgIpc) is 2.39. The van der Waals surface area contributed by atoms with Crippen LogP contribution in [-0.2, 0) is 0 Å². The highest BCUT2D eigenvalue weighted by Crippen LogP contribution is 2.38. The summed E-state index contributed by atoms with van der Waals surface area (Å²) >= 11 is 0. The minimum atomic E-state index is -0.190. The van der Waals surface area contributed by atoms with Crippen LogP contribution < -0.4 is 5.32 Å². The van der Waals surface area contributed by atoms with E-state index in [-0.39, 0.29) is 11.6 Å². The molecule has 1 saturated carbocycles. The minimum Gasteiger partial charge on any atom is -0.382 e. The maximum absolute atomic E-state index is 13.2. The van der Waals surface area contributed by atoms with E-state index in [1.54, 1.807) is 13.0 Å². The van der Waals surface area contributed by atoms with Gasteiger partial charge in [0.1, 0.15) is 11.6 Å². The zero-order valence-corrected chi connectivity index (χ0v) is 11.4. The van der Waals surface area contributed by atoms with E-state index in [2.05, 4.69) is 5.32 Å². The van der Waals surface area contributed by atoms with Gasteiger partial charge in [-0.1, -0.05) is 12.1 Å². The molecular weight excluding hydrogens is 256 g/mol. The van der Waals surface area contributed by atoms with Crippen LogP contribution >= 0.6 is 0 Å². The van der Waals surface area contributed by atoms with Gasteiger partial charge in [0.25, 0.3) is 0 Å². The Morgan fingerprint density at radius 3 is 2.35 bits per heavy atom. The van der Waals surface area contributed by atoms with Crippen molar-refractivity contribution in [3.63, 3.8) is 0 Å². The van der Waals surface area contributed by atoms with Crippen molar-refractivity contribution in [1.29, 1.82) is 0 Å². The first-order chi connectivity index (χ1) is 9.61. The Morgan fingerprint density at radius 2 is 1.70 bits per heavy atom. The quantitative estimate of drug-likeness (QED) is 0.859. The molecule has 20 heavy (non-hydrogen) atoms. The highest BCUT2D eigenvalue weighted by Gasteiger charge is 2.30. The molecule has 0 aromatic heterocycles. The van der Waals surface area contributed by atoms with Crippen LogP contribution in [0.4, 0.5) is 14.5 Å². The van der Waals surface area contributed by atoms with Crippen molar-refractivity contribution >= 4 is 5.69 Å². The van der Waals surface area contributed by atoms with Gasteiger partial charge in [-0.3, -0.25) is 0 Å². The van der Waals surface area contributed by atoms with Crippen LogP contribution in [0.25, 0.3) is 0 Å². The number of rotatable bonds is 3. The Kier molecular flexibility index (Phi) is 3.43. The molecule has 3 heteroatoms. The van der Waals surface area contributed by atoms with E-state index in [9.17, 15) is 8.78 Å². The number of hydrogen-bond donors (Lipinski definition) is 1. The van der Waals surface area contributed by atoms with Crippen LogP contribution in [-0.4, -0.2) is 6.04 Å². The van der Waals surface area contributed by atoms with E-state index < -0.39 is 0 Å². The van der Waals surface area contributed by atoms with Crippen molar-refractivity contribution in [1.82, 2.24) is 0 Å². The van der Waals surface area contributed by atoms with E-state index in [1.807, 2.05) is 18.2 Å². The molecule has 0 aliphatic heterocycles. The second-order valence-electron chi connectivity index (χ2n) is 5.53. The van der Waals surface area contributed by atoms with Gasteiger partial charge in [0.2, 0.25) is 0 Å². The largest absolute Gasteiger partial charge is 0.382 e. The number of nitrogens with one attached hydrogen (secondary N) is 1. The lowest BCUT2D eigenvalue weighted by atomic mass is 9.76. The van der Waals surface area contributed by atoms with Crippen LogP contribution in [0.2, 0.25) is 0 Å². The van der Waals surface area contributed by atoms with Gasteiger partial charge in [-0.05, 0) is 67.1 Å². The summed E-state index contributed by atoms with van der Waals surface area (Å²) in [4.78, 5) is 0. The molecule has 104 valence electrons. The summed E-state index contributed by atoms with van der Waals surface area (Å²) in [5.74, 6) is 0.132. The second-order valence-corrected chi connectivity index (χ2v) is 5.53. The summed E-state index contributed by atoms with van der Waals surface area (Å²) in [6.07, 6.45) is 2.06. The molecule has 1 aliphatic rings. The standard InChI is InChI=1S/C17H17F2N/c1-11-8-15(6-7-17(11)19)20-16-9-13(10-16)12-2-4-14(18)5-3-12/h2-8,13,16,20H,9-10H2,1H3. The fourth-order valence-electron chi connectivity index (χ4n) is 2.71. The fourth-order valence-corrected chi connectivity index (χ4v) is 2.71. The van der Waals surface area contributed by atoms with Crippen molar-refractivity contribution < 1.29 is 8.78 Å². The number of aryl methyl sites for hydroxylation is 1. The molecule has 2 aromatic rings. The van der Waals surface area contributed by atoms with Crippen molar-refractivity contribution in [2.45, 2.75) is 31.7 Å². The third kappa shape index (κ3) is 2.67. The van der Waals surface area contributed by atoms with Gasteiger partial charge in [-0.25, -0.2) is 8.78 Å². The lowest BCUT2D eigenvalue weighted by Gasteiger charge is -2.37. The van der Waals surface area contributed by atoms with E-state index >= 15 is 0 Å². The van der Waals surface area contributed by atoms with Crippen LogP contribution in [0.5, 0.6) is 0 Å². The van der Waals surface area contributed by atoms with E-state index in [4.69, 9.17) is 0 Å². The highest BCUT2D eigenvalue weighted by molar-refractivity contribution is 5.47. The predicted molar refractivity (Wildman–Crippen MR) is 76.9 cm³/mol. The van der Waals surface area contributed by atoms with Crippen LogP contribution in [0, 0.1) is 18.6 Å². The molecule has 0 saturated heterocycles. The second kappa shape index (κ2) is 5.23. The monoisotopic (exact) mass is 273 g/mol. The van der Waals surface area contributed by atoms with Crippen molar-refractivity contribution in [2.75, 3.05) is 5.32 Å². The summed E-state index contributed by atoms with van der Waals surface area (Å²) in [7, 11) is 0. The summed E-state index contributed by atoms with van der Waals surface area (Å²) < 4.78 is 26.1. The molecule has 0 radical (unpaired) electrons. The first kappa shape index (κ1) is 13.1. The van der Waals surface area contributed by atoms with Crippen molar-refractivity contribution in [2.24, 2.45) is 0 Å². The number of halogens is 2.